The van der Waals surface area contributed by atoms with Crippen molar-refractivity contribution in [3.05, 3.63) is 29.8 Å². The van der Waals surface area contributed by atoms with E-state index in [-0.39, 0.29) is 11.7 Å². The van der Waals surface area contributed by atoms with Gasteiger partial charge in [-0.05, 0) is 72.0 Å². The van der Waals surface area contributed by atoms with Gasteiger partial charge in [-0.15, -0.1) is 0 Å². The Morgan fingerprint density at radius 3 is 1.73 bits per heavy atom. The first-order chi connectivity index (χ1) is 17.9. The van der Waals surface area contributed by atoms with E-state index in [9.17, 15) is 0 Å². The van der Waals surface area contributed by atoms with Crippen LogP contribution in [0.2, 0.25) is 0 Å². The molecular weight excluding hydrogens is 452 g/mol. The quantitative estimate of drug-likeness (QED) is 0.276. The Morgan fingerprint density at radius 1 is 0.730 bits per heavy atom. The van der Waals surface area contributed by atoms with Crippen LogP contribution in [0.1, 0.15) is 148 Å². The van der Waals surface area contributed by atoms with E-state index in [1.807, 2.05) is 0 Å². The van der Waals surface area contributed by atoms with Gasteiger partial charge in [-0.2, -0.15) is 0 Å². The van der Waals surface area contributed by atoms with Crippen LogP contribution in [0.4, 0.5) is 0 Å². The molecule has 2 heteroatoms. The molecule has 0 spiro atoms. The van der Waals surface area contributed by atoms with Crippen molar-refractivity contribution in [1.29, 1.82) is 0 Å². The molecule has 2 atom stereocenters. The second kappa shape index (κ2) is 14.4. The summed E-state index contributed by atoms with van der Waals surface area (Å²) in [6.07, 6.45) is 23.3. The molecule has 2 unspecified atom stereocenters. The van der Waals surface area contributed by atoms with Gasteiger partial charge in [0.1, 0.15) is 5.75 Å². The molecule has 0 amide bonds. The molecule has 0 heterocycles. The van der Waals surface area contributed by atoms with Crippen LogP contribution < -0.4 is 4.74 Å². The maximum absolute atomic E-state index is 6.75. The highest BCUT2D eigenvalue weighted by atomic mass is 16.7. The minimum Gasteiger partial charge on any atom is -0.465 e. The summed E-state index contributed by atoms with van der Waals surface area (Å²) >= 11 is 0. The van der Waals surface area contributed by atoms with Gasteiger partial charge in [0.05, 0.1) is 6.61 Å². The number of ether oxygens (including phenoxy) is 2. The molecule has 0 radical (unpaired) electrons. The average molecular weight is 511 g/mol. The second-order valence-electron chi connectivity index (χ2n) is 14.0. The SMILES string of the molecule is CCC(c1ccc(OC(CC(C2CCCCC2)C2CCCCC2)OCC2CCCCC2)cc1)C(C)(C)C. The summed E-state index contributed by atoms with van der Waals surface area (Å²) in [5.74, 6) is 4.80. The molecule has 37 heavy (non-hydrogen) atoms. The summed E-state index contributed by atoms with van der Waals surface area (Å²) in [5.41, 5.74) is 1.71. The molecule has 0 bridgehead atoms. The Balaban J connectivity index is 1.48. The molecule has 1 aromatic carbocycles. The van der Waals surface area contributed by atoms with Crippen molar-refractivity contribution in [3.63, 3.8) is 0 Å². The normalized spacial score (nSPS) is 22.7. The third kappa shape index (κ3) is 8.74. The third-order valence-corrected chi connectivity index (χ3v) is 10.2. The molecule has 3 fully saturated rings. The van der Waals surface area contributed by atoms with Gasteiger partial charge in [0.25, 0.3) is 0 Å². The van der Waals surface area contributed by atoms with Crippen LogP contribution in [0.3, 0.4) is 0 Å². The summed E-state index contributed by atoms with van der Waals surface area (Å²) in [4.78, 5) is 0. The van der Waals surface area contributed by atoms with Gasteiger partial charge >= 0.3 is 0 Å². The zero-order valence-corrected chi connectivity index (χ0v) is 24.8. The largest absolute Gasteiger partial charge is 0.465 e. The van der Waals surface area contributed by atoms with E-state index in [0.29, 0.717) is 5.92 Å². The highest BCUT2D eigenvalue weighted by Gasteiger charge is 2.34. The van der Waals surface area contributed by atoms with Crippen LogP contribution >= 0.6 is 0 Å². The molecule has 2 nitrogen and oxygen atoms in total. The monoisotopic (exact) mass is 510 g/mol. The molecule has 0 aromatic heterocycles. The fraction of sp³-hybridized carbons (Fsp3) is 0.829. The summed E-state index contributed by atoms with van der Waals surface area (Å²) in [6.45, 7) is 10.3. The van der Waals surface area contributed by atoms with Gasteiger partial charge in [0.15, 0.2) is 6.29 Å². The fourth-order valence-electron chi connectivity index (χ4n) is 8.14. The van der Waals surface area contributed by atoms with Crippen LogP contribution in [0, 0.1) is 29.1 Å². The van der Waals surface area contributed by atoms with E-state index in [1.165, 1.54) is 108 Å². The van der Waals surface area contributed by atoms with Crippen LogP contribution in [-0.2, 0) is 4.74 Å². The summed E-state index contributed by atoms with van der Waals surface area (Å²) in [7, 11) is 0. The van der Waals surface area contributed by atoms with Crippen molar-refractivity contribution >= 4 is 0 Å². The van der Waals surface area contributed by atoms with Gasteiger partial charge in [-0.3, -0.25) is 0 Å². The molecule has 1 aromatic rings. The van der Waals surface area contributed by atoms with Crippen molar-refractivity contribution in [2.24, 2.45) is 29.1 Å². The van der Waals surface area contributed by atoms with E-state index >= 15 is 0 Å². The van der Waals surface area contributed by atoms with Gasteiger partial charge < -0.3 is 9.47 Å². The fourth-order valence-corrected chi connectivity index (χ4v) is 8.14. The lowest BCUT2D eigenvalue weighted by atomic mass is 9.68. The zero-order chi connectivity index (χ0) is 26.1. The van der Waals surface area contributed by atoms with Crippen molar-refractivity contribution in [3.8, 4) is 5.75 Å². The van der Waals surface area contributed by atoms with Gasteiger partial charge in [0.2, 0.25) is 0 Å². The molecular formula is C35H58O2. The second-order valence-corrected chi connectivity index (χ2v) is 14.0. The number of hydrogen-bond donors (Lipinski definition) is 0. The maximum Gasteiger partial charge on any atom is 0.200 e. The van der Waals surface area contributed by atoms with Crippen molar-refractivity contribution < 1.29 is 9.47 Å². The summed E-state index contributed by atoms with van der Waals surface area (Å²) in [6, 6.07) is 9.06. The Hall–Kier alpha value is -1.02. The topological polar surface area (TPSA) is 18.5 Å². The minimum absolute atomic E-state index is 0.105. The molecule has 3 aliphatic rings. The van der Waals surface area contributed by atoms with Gasteiger partial charge in [0, 0.05) is 6.42 Å². The van der Waals surface area contributed by atoms with Gasteiger partial charge in [-0.25, -0.2) is 0 Å². The lowest BCUT2D eigenvalue weighted by Crippen LogP contribution is -2.34. The molecule has 0 saturated heterocycles. The van der Waals surface area contributed by atoms with E-state index in [4.69, 9.17) is 9.47 Å². The Bertz CT molecular complexity index is 726. The van der Waals surface area contributed by atoms with E-state index < -0.39 is 0 Å². The van der Waals surface area contributed by atoms with Crippen LogP contribution in [0.15, 0.2) is 24.3 Å². The molecule has 210 valence electrons. The van der Waals surface area contributed by atoms with Crippen molar-refractivity contribution in [2.45, 2.75) is 149 Å². The van der Waals surface area contributed by atoms with Gasteiger partial charge in [-0.1, -0.05) is 123 Å². The maximum atomic E-state index is 6.75. The Labute approximate surface area is 229 Å². The minimum atomic E-state index is -0.105. The number of hydrogen-bond acceptors (Lipinski definition) is 2. The predicted octanol–water partition coefficient (Wildman–Crippen LogP) is 10.7. The molecule has 0 aliphatic heterocycles. The predicted molar refractivity (Wildman–Crippen MR) is 157 cm³/mol. The standard InChI is InChI=1S/C35H58O2/c1-5-33(35(2,3)4)30-21-23-31(24-22-30)37-34(36-26-27-15-9-6-10-16-27)25-32(28-17-11-7-12-18-28)29-19-13-8-14-20-29/h21-24,27-29,32-34H,5-20,25-26H2,1-4H3. The van der Waals surface area contributed by atoms with E-state index in [2.05, 4.69) is 52.0 Å². The van der Waals surface area contributed by atoms with E-state index in [1.54, 1.807) is 0 Å². The number of rotatable bonds is 11. The zero-order valence-electron chi connectivity index (χ0n) is 24.8. The smallest absolute Gasteiger partial charge is 0.200 e. The highest BCUT2D eigenvalue weighted by Crippen LogP contribution is 2.43. The van der Waals surface area contributed by atoms with Crippen LogP contribution in [0.5, 0.6) is 5.75 Å². The molecule has 4 rings (SSSR count). The van der Waals surface area contributed by atoms with Crippen LogP contribution in [-0.4, -0.2) is 12.9 Å². The highest BCUT2D eigenvalue weighted by molar-refractivity contribution is 5.30. The average Bonchev–Trinajstić information content (AvgIpc) is 2.92. The summed E-state index contributed by atoms with van der Waals surface area (Å²) < 4.78 is 13.5. The Kier molecular flexibility index (Phi) is 11.3. The molecule has 3 aliphatic carbocycles. The first-order valence-electron chi connectivity index (χ1n) is 16.3. The first kappa shape index (κ1) is 29.0. The third-order valence-electron chi connectivity index (χ3n) is 10.2. The van der Waals surface area contributed by atoms with Crippen LogP contribution in [0.25, 0.3) is 0 Å². The van der Waals surface area contributed by atoms with Crippen molar-refractivity contribution in [1.82, 2.24) is 0 Å². The first-order valence-corrected chi connectivity index (χ1v) is 16.3. The lowest BCUT2D eigenvalue weighted by molar-refractivity contribution is -0.116. The molecule has 0 N–H and O–H groups in total. The number of benzene rings is 1. The van der Waals surface area contributed by atoms with E-state index in [0.717, 1.165) is 42.4 Å². The summed E-state index contributed by atoms with van der Waals surface area (Å²) in [5, 5.41) is 0. The lowest BCUT2D eigenvalue weighted by Gasteiger charge is -2.39. The Morgan fingerprint density at radius 2 is 1.24 bits per heavy atom. The molecule has 3 saturated carbocycles. The van der Waals surface area contributed by atoms with Crippen molar-refractivity contribution in [2.75, 3.05) is 6.61 Å².